The maximum absolute atomic E-state index is 11.2. The van der Waals surface area contributed by atoms with Crippen LogP contribution in [0.5, 0.6) is 0 Å². The van der Waals surface area contributed by atoms with E-state index in [0.29, 0.717) is 11.0 Å². The number of carbonyl (C=O) groups excluding carboxylic acids is 1. The molecule has 1 heterocycles. The van der Waals surface area contributed by atoms with Crippen molar-refractivity contribution in [2.45, 2.75) is 28.9 Å². The number of fused-ring (bicyclic) bond motifs is 1. The first-order valence-corrected chi connectivity index (χ1v) is 7.05. The first kappa shape index (κ1) is 10.3. The van der Waals surface area contributed by atoms with Crippen molar-refractivity contribution in [2.75, 3.05) is 0 Å². The van der Waals surface area contributed by atoms with E-state index < -0.39 is 0 Å². The Hall–Kier alpha value is -0.870. The zero-order chi connectivity index (χ0) is 11.0. The molecule has 1 fully saturated rings. The molecule has 4 heteroatoms. The standard InChI is InChI=1S/C12H11NOS2/c14-8-5-6-9(7-8)15-12-13-10-3-1-2-4-11(10)16-12/h1-4,9H,5-7H2. The van der Waals surface area contributed by atoms with Crippen LogP contribution in [0, 0.1) is 0 Å². The highest BCUT2D eigenvalue weighted by Crippen LogP contribution is 2.37. The number of aromatic nitrogens is 1. The number of Topliss-reactive ketones (excluding diaryl/α,β-unsaturated/α-hetero) is 1. The summed E-state index contributed by atoms with van der Waals surface area (Å²) in [4.78, 5) is 15.8. The monoisotopic (exact) mass is 249 g/mol. The molecule has 0 N–H and O–H groups in total. The summed E-state index contributed by atoms with van der Waals surface area (Å²) >= 11 is 3.49. The number of thioether (sulfide) groups is 1. The molecular formula is C12H11NOS2. The molecule has 1 aliphatic rings. The Morgan fingerprint density at radius 1 is 1.38 bits per heavy atom. The van der Waals surface area contributed by atoms with Crippen LogP contribution >= 0.6 is 23.1 Å². The van der Waals surface area contributed by atoms with Gasteiger partial charge in [0.15, 0.2) is 4.34 Å². The molecule has 3 rings (SSSR count). The number of hydrogen-bond donors (Lipinski definition) is 0. The van der Waals surface area contributed by atoms with E-state index in [2.05, 4.69) is 11.1 Å². The Bertz CT molecular complexity index is 502. The topological polar surface area (TPSA) is 30.0 Å². The number of hydrogen-bond acceptors (Lipinski definition) is 4. The molecule has 0 bridgehead atoms. The third kappa shape index (κ3) is 1.99. The molecule has 82 valence electrons. The number of nitrogens with zero attached hydrogens (tertiary/aromatic N) is 1. The lowest BCUT2D eigenvalue weighted by Crippen LogP contribution is -1.95. The molecule has 2 nitrogen and oxygen atoms in total. The van der Waals surface area contributed by atoms with Gasteiger partial charge in [-0.2, -0.15) is 0 Å². The van der Waals surface area contributed by atoms with Gasteiger partial charge in [-0.25, -0.2) is 4.98 Å². The van der Waals surface area contributed by atoms with Gasteiger partial charge in [0.25, 0.3) is 0 Å². The van der Waals surface area contributed by atoms with E-state index in [1.54, 1.807) is 23.1 Å². The number of ketones is 1. The fourth-order valence-electron chi connectivity index (χ4n) is 1.92. The number of thiazole rings is 1. The van der Waals surface area contributed by atoms with Crippen LogP contribution in [0.2, 0.25) is 0 Å². The second kappa shape index (κ2) is 4.18. The Balaban J connectivity index is 1.81. The van der Waals surface area contributed by atoms with Crippen molar-refractivity contribution in [3.8, 4) is 0 Å². The van der Waals surface area contributed by atoms with E-state index in [1.165, 1.54) is 4.70 Å². The summed E-state index contributed by atoms with van der Waals surface area (Å²) in [5.74, 6) is 0.401. The molecule has 1 aromatic heterocycles. The van der Waals surface area contributed by atoms with Crippen LogP contribution in [0.4, 0.5) is 0 Å². The van der Waals surface area contributed by atoms with Crippen molar-refractivity contribution in [1.29, 1.82) is 0 Å². The van der Waals surface area contributed by atoms with Crippen molar-refractivity contribution in [1.82, 2.24) is 4.98 Å². The molecule has 1 atom stereocenters. The van der Waals surface area contributed by atoms with E-state index in [9.17, 15) is 4.79 Å². The summed E-state index contributed by atoms with van der Waals surface area (Å²) < 4.78 is 2.33. The van der Waals surface area contributed by atoms with Gasteiger partial charge in [0.1, 0.15) is 5.78 Å². The van der Waals surface area contributed by atoms with Gasteiger partial charge < -0.3 is 0 Å². The zero-order valence-electron chi connectivity index (χ0n) is 8.68. The molecule has 0 amide bonds. The summed E-state index contributed by atoms with van der Waals surface area (Å²) in [6.45, 7) is 0. The van der Waals surface area contributed by atoms with Gasteiger partial charge in [-0.3, -0.25) is 4.79 Å². The molecule has 1 unspecified atom stereocenters. The minimum atomic E-state index is 0.401. The first-order valence-electron chi connectivity index (χ1n) is 5.35. The number of para-hydroxylation sites is 1. The minimum absolute atomic E-state index is 0.401. The van der Waals surface area contributed by atoms with Gasteiger partial charge in [0.05, 0.1) is 10.2 Å². The molecule has 0 radical (unpaired) electrons. The van der Waals surface area contributed by atoms with Crippen molar-refractivity contribution < 1.29 is 4.79 Å². The third-order valence-corrected chi connectivity index (χ3v) is 5.14. The predicted molar refractivity (Wildman–Crippen MR) is 68.1 cm³/mol. The van der Waals surface area contributed by atoms with E-state index in [1.807, 2.05) is 18.2 Å². The number of benzene rings is 1. The van der Waals surface area contributed by atoms with Gasteiger partial charge >= 0.3 is 0 Å². The lowest BCUT2D eigenvalue weighted by molar-refractivity contribution is -0.117. The molecule has 0 aliphatic heterocycles. The van der Waals surface area contributed by atoms with Crippen LogP contribution in [0.3, 0.4) is 0 Å². The van der Waals surface area contributed by atoms with Crippen LogP contribution in [-0.2, 0) is 4.79 Å². The molecule has 1 aromatic carbocycles. The van der Waals surface area contributed by atoms with Crippen molar-refractivity contribution in [2.24, 2.45) is 0 Å². The van der Waals surface area contributed by atoms with Gasteiger partial charge in [0, 0.05) is 18.1 Å². The molecule has 1 aliphatic carbocycles. The molecule has 16 heavy (non-hydrogen) atoms. The zero-order valence-corrected chi connectivity index (χ0v) is 10.3. The minimum Gasteiger partial charge on any atom is -0.300 e. The van der Waals surface area contributed by atoms with Crippen molar-refractivity contribution >= 4 is 39.1 Å². The normalized spacial score (nSPS) is 20.8. The van der Waals surface area contributed by atoms with Crippen LogP contribution in [-0.4, -0.2) is 16.0 Å². The first-order chi connectivity index (χ1) is 7.81. The average molecular weight is 249 g/mol. The lowest BCUT2D eigenvalue weighted by Gasteiger charge is -2.02. The second-order valence-corrected chi connectivity index (χ2v) is 6.55. The smallest absolute Gasteiger partial charge is 0.151 e. The summed E-state index contributed by atoms with van der Waals surface area (Å²) in [6, 6.07) is 8.18. The summed E-state index contributed by atoms with van der Waals surface area (Å²) in [7, 11) is 0. The van der Waals surface area contributed by atoms with Gasteiger partial charge in [-0.15, -0.1) is 11.3 Å². The third-order valence-electron chi connectivity index (χ3n) is 2.74. The average Bonchev–Trinajstić information content (AvgIpc) is 2.84. The summed E-state index contributed by atoms with van der Waals surface area (Å²) in [6.07, 6.45) is 2.49. The van der Waals surface area contributed by atoms with Gasteiger partial charge in [0.2, 0.25) is 0 Å². The van der Waals surface area contributed by atoms with E-state index >= 15 is 0 Å². The number of rotatable bonds is 2. The second-order valence-electron chi connectivity index (χ2n) is 3.97. The fraction of sp³-hybridized carbons (Fsp3) is 0.333. The quantitative estimate of drug-likeness (QED) is 0.815. The maximum atomic E-state index is 11.2. The van der Waals surface area contributed by atoms with Crippen LogP contribution in [0.15, 0.2) is 28.6 Å². The van der Waals surface area contributed by atoms with E-state index in [0.717, 1.165) is 29.1 Å². The van der Waals surface area contributed by atoms with Crippen molar-refractivity contribution in [3.05, 3.63) is 24.3 Å². The maximum Gasteiger partial charge on any atom is 0.151 e. The lowest BCUT2D eigenvalue weighted by atomic mass is 10.3. The molecule has 0 saturated heterocycles. The Morgan fingerprint density at radius 2 is 2.25 bits per heavy atom. The largest absolute Gasteiger partial charge is 0.300 e. The van der Waals surface area contributed by atoms with Crippen molar-refractivity contribution in [3.63, 3.8) is 0 Å². The Kier molecular flexibility index (Phi) is 2.69. The van der Waals surface area contributed by atoms with Crippen LogP contribution in [0.25, 0.3) is 10.2 Å². The highest BCUT2D eigenvalue weighted by atomic mass is 32.2. The molecule has 0 spiro atoms. The van der Waals surface area contributed by atoms with Gasteiger partial charge in [-0.1, -0.05) is 23.9 Å². The summed E-state index contributed by atoms with van der Waals surface area (Å²) in [5, 5.41) is 0.452. The summed E-state index contributed by atoms with van der Waals surface area (Å²) in [5.41, 5.74) is 1.07. The molecular weight excluding hydrogens is 238 g/mol. The van der Waals surface area contributed by atoms with Crippen LogP contribution in [0.1, 0.15) is 19.3 Å². The number of carbonyl (C=O) groups is 1. The highest BCUT2D eigenvalue weighted by Gasteiger charge is 2.23. The Labute approximate surface area is 102 Å². The van der Waals surface area contributed by atoms with Gasteiger partial charge in [-0.05, 0) is 18.6 Å². The highest BCUT2D eigenvalue weighted by molar-refractivity contribution is 8.01. The van der Waals surface area contributed by atoms with E-state index in [-0.39, 0.29) is 0 Å². The fourth-order valence-corrected chi connectivity index (χ4v) is 4.43. The Morgan fingerprint density at radius 3 is 3.00 bits per heavy atom. The van der Waals surface area contributed by atoms with E-state index in [4.69, 9.17) is 0 Å². The predicted octanol–water partition coefficient (Wildman–Crippen LogP) is 3.51. The van der Waals surface area contributed by atoms with Crippen LogP contribution < -0.4 is 0 Å². The SMILES string of the molecule is O=C1CCC(Sc2nc3ccccc3s2)C1. The molecule has 2 aromatic rings. The molecule has 1 saturated carbocycles.